The van der Waals surface area contributed by atoms with E-state index in [4.69, 9.17) is 16.3 Å². The third kappa shape index (κ3) is 3.45. The number of aromatic amines is 1. The van der Waals surface area contributed by atoms with Gasteiger partial charge in [-0.2, -0.15) is 5.10 Å². The van der Waals surface area contributed by atoms with Crippen LogP contribution in [0.15, 0.2) is 23.0 Å². The number of rotatable bonds is 4. The predicted molar refractivity (Wildman–Crippen MR) is 108 cm³/mol. The van der Waals surface area contributed by atoms with E-state index in [1.54, 1.807) is 15.5 Å². The Morgan fingerprint density at radius 2 is 2.14 bits per heavy atom. The zero-order valence-electron chi connectivity index (χ0n) is 15.6. The van der Waals surface area contributed by atoms with E-state index in [1.807, 2.05) is 19.1 Å². The highest BCUT2D eigenvalue weighted by Gasteiger charge is 2.17. The molecule has 0 saturated carbocycles. The van der Waals surface area contributed by atoms with Gasteiger partial charge in [-0.15, -0.1) is 0 Å². The number of urea groups is 1. The van der Waals surface area contributed by atoms with Crippen LogP contribution in [0.5, 0.6) is 0 Å². The molecule has 28 heavy (non-hydrogen) atoms. The molecular weight excluding hydrogens is 382 g/mol. The van der Waals surface area contributed by atoms with Gasteiger partial charge in [-0.25, -0.2) is 4.79 Å². The first kappa shape index (κ1) is 18.8. The second-order valence-corrected chi connectivity index (χ2v) is 7.31. The van der Waals surface area contributed by atoms with Gasteiger partial charge >= 0.3 is 6.03 Å². The minimum atomic E-state index is -0.0894. The van der Waals surface area contributed by atoms with Gasteiger partial charge in [0.1, 0.15) is 5.52 Å². The van der Waals surface area contributed by atoms with Crippen molar-refractivity contribution in [3.8, 4) is 0 Å². The van der Waals surface area contributed by atoms with E-state index < -0.39 is 0 Å². The Morgan fingerprint density at radius 1 is 1.36 bits per heavy atom. The molecule has 0 bridgehead atoms. The van der Waals surface area contributed by atoms with E-state index in [2.05, 4.69) is 15.5 Å². The van der Waals surface area contributed by atoms with Crippen molar-refractivity contribution in [3.05, 3.63) is 39.3 Å². The van der Waals surface area contributed by atoms with Crippen molar-refractivity contribution in [2.24, 2.45) is 0 Å². The van der Waals surface area contributed by atoms with Crippen LogP contribution in [-0.4, -0.2) is 58.5 Å². The van der Waals surface area contributed by atoms with Crippen LogP contribution in [0.25, 0.3) is 21.8 Å². The standard InChI is InChI=1S/C19H22ClN5O3/c1-12-16-17(23-22-12)14-11-13(20)3-4-15(14)25(18(16)26)6-2-5-21-19(27)24-7-9-28-10-8-24/h3-4,11H,2,5-10H2,1H3,(H,21,27)(H,22,23). The number of morpholine rings is 1. The number of carbonyl (C=O) groups excluding carboxylic acids is 1. The minimum absolute atomic E-state index is 0.0874. The molecule has 3 heterocycles. The molecule has 3 aromatic rings. The molecule has 0 radical (unpaired) electrons. The summed E-state index contributed by atoms with van der Waals surface area (Å²) in [6.45, 7) is 5.16. The number of benzene rings is 1. The molecule has 148 valence electrons. The molecule has 8 nitrogen and oxygen atoms in total. The van der Waals surface area contributed by atoms with Gasteiger partial charge in [0.05, 0.1) is 24.1 Å². The molecule has 0 atom stereocenters. The average molecular weight is 404 g/mol. The summed E-state index contributed by atoms with van der Waals surface area (Å²) in [7, 11) is 0. The lowest BCUT2D eigenvalue weighted by molar-refractivity contribution is 0.0532. The number of hydrogen-bond acceptors (Lipinski definition) is 4. The van der Waals surface area contributed by atoms with Gasteiger partial charge < -0.3 is 19.5 Å². The van der Waals surface area contributed by atoms with E-state index in [0.29, 0.717) is 61.7 Å². The number of pyridine rings is 1. The lowest BCUT2D eigenvalue weighted by Crippen LogP contribution is -2.46. The number of carbonyl (C=O) groups is 1. The number of ether oxygens (including phenoxy) is 1. The number of nitrogens with zero attached hydrogens (tertiary/aromatic N) is 3. The molecule has 0 unspecified atom stereocenters. The predicted octanol–water partition coefficient (Wildman–Crippen LogP) is 2.27. The van der Waals surface area contributed by atoms with Crippen LogP contribution in [-0.2, 0) is 11.3 Å². The molecule has 0 spiro atoms. The first-order valence-electron chi connectivity index (χ1n) is 9.33. The molecule has 9 heteroatoms. The number of aromatic nitrogens is 3. The monoisotopic (exact) mass is 403 g/mol. The Morgan fingerprint density at radius 3 is 2.93 bits per heavy atom. The summed E-state index contributed by atoms with van der Waals surface area (Å²) in [5.74, 6) is 0. The fourth-order valence-corrected chi connectivity index (χ4v) is 3.77. The molecule has 1 fully saturated rings. The molecule has 0 aliphatic carbocycles. The number of amides is 2. The first-order chi connectivity index (χ1) is 13.6. The normalized spacial score (nSPS) is 14.7. The second-order valence-electron chi connectivity index (χ2n) is 6.88. The van der Waals surface area contributed by atoms with Gasteiger partial charge in [0.25, 0.3) is 5.56 Å². The van der Waals surface area contributed by atoms with Gasteiger partial charge in [0.2, 0.25) is 0 Å². The van der Waals surface area contributed by atoms with E-state index in [1.165, 1.54) is 0 Å². The van der Waals surface area contributed by atoms with Crippen LogP contribution in [0, 0.1) is 6.92 Å². The van der Waals surface area contributed by atoms with Crippen LogP contribution >= 0.6 is 11.6 Å². The molecular formula is C19H22ClN5O3. The maximum absolute atomic E-state index is 13.0. The zero-order valence-corrected chi connectivity index (χ0v) is 16.4. The van der Waals surface area contributed by atoms with Crippen LogP contribution in [0.2, 0.25) is 5.02 Å². The van der Waals surface area contributed by atoms with E-state index >= 15 is 0 Å². The Labute approximate surface area is 166 Å². The SMILES string of the molecule is Cc1[nH]nc2c1c(=O)n(CCCNC(=O)N1CCOCC1)c1ccc(Cl)cc21. The summed E-state index contributed by atoms with van der Waals surface area (Å²) < 4.78 is 6.99. The highest BCUT2D eigenvalue weighted by Crippen LogP contribution is 2.25. The van der Waals surface area contributed by atoms with Gasteiger partial charge in [0, 0.05) is 42.3 Å². The van der Waals surface area contributed by atoms with Gasteiger partial charge in [0.15, 0.2) is 0 Å². The number of fused-ring (bicyclic) bond motifs is 3. The maximum Gasteiger partial charge on any atom is 0.317 e. The summed E-state index contributed by atoms with van der Waals surface area (Å²) in [5, 5.41) is 12.1. The van der Waals surface area contributed by atoms with Crippen LogP contribution in [0.4, 0.5) is 4.79 Å². The quantitative estimate of drug-likeness (QED) is 0.653. The summed E-state index contributed by atoms with van der Waals surface area (Å²) >= 11 is 6.17. The number of nitrogens with one attached hydrogen (secondary N) is 2. The molecule has 1 aliphatic rings. The first-order valence-corrected chi connectivity index (χ1v) is 9.71. The summed E-state index contributed by atoms with van der Waals surface area (Å²) in [6.07, 6.45) is 0.635. The zero-order chi connectivity index (χ0) is 19.7. The van der Waals surface area contributed by atoms with Crippen molar-refractivity contribution in [3.63, 3.8) is 0 Å². The van der Waals surface area contributed by atoms with E-state index in [0.717, 1.165) is 16.6 Å². The second kappa shape index (κ2) is 7.81. The Hall–Kier alpha value is -2.58. The largest absolute Gasteiger partial charge is 0.378 e. The lowest BCUT2D eigenvalue weighted by Gasteiger charge is -2.26. The van der Waals surface area contributed by atoms with Crippen molar-refractivity contribution in [2.45, 2.75) is 19.9 Å². The van der Waals surface area contributed by atoms with Crippen molar-refractivity contribution in [1.82, 2.24) is 25.0 Å². The number of halogens is 1. The van der Waals surface area contributed by atoms with Gasteiger partial charge in [-0.3, -0.25) is 9.89 Å². The molecule has 2 amide bonds. The fourth-order valence-electron chi connectivity index (χ4n) is 3.60. The molecule has 4 rings (SSSR count). The molecule has 1 saturated heterocycles. The lowest BCUT2D eigenvalue weighted by atomic mass is 10.1. The average Bonchev–Trinajstić information content (AvgIpc) is 3.10. The third-order valence-corrected chi connectivity index (χ3v) is 5.28. The minimum Gasteiger partial charge on any atom is -0.378 e. The van der Waals surface area contributed by atoms with E-state index in [9.17, 15) is 9.59 Å². The van der Waals surface area contributed by atoms with Crippen molar-refractivity contribution in [1.29, 1.82) is 0 Å². The van der Waals surface area contributed by atoms with Crippen molar-refractivity contribution in [2.75, 3.05) is 32.8 Å². The number of H-pyrrole nitrogens is 1. The summed E-state index contributed by atoms with van der Waals surface area (Å²) in [5.41, 5.74) is 2.07. The Kier molecular flexibility index (Phi) is 5.23. The fraction of sp³-hybridized carbons (Fsp3) is 0.421. The van der Waals surface area contributed by atoms with Gasteiger partial charge in [-0.05, 0) is 31.5 Å². The maximum atomic E-state index is 13.0. The molecule has 1 aliphatic heterocycles. The molecule has 2 N–H and O–H groups in total. The van der Waals surface area contributed by atoms with Crippen LogP contribution in [0.1, 0.15) is 12.1 Å². The number of aryl methyl sites for hydroxylation is 2. The highest BCUT2D eigenvalue weighted by atomic mass is 35.5. The third-order valence-electron chi connectivity index (χ3n) is 5.04. The topological polar surface area (TPSA) is 92.2 Å². The number of hydrogen-bond donors (Lipinski definition) is 2. The van der Waals surface area contributed by atoms with Crippen molar-refractivity contribution >= 4 is 39.4 Å². The van der Waals surface area contributed by atoms with Crippen LogP contribution < -0.4 is 10.9 Å². The summed E-state index contributed by atoms with van der Waals surface area (Å²) in [6, 6.07) is 5.35. The Balaban J connectivity index is 1.54. The van der Waals surface area contributed by atoms with Crippen LogP contribution in [0.3, 0.4) is 0 Å². The molecule has 2 aromatic heterocycles. The highest BCUT2D eigenvalue weighted by molar-refractivity contribution is 6.31. The van der Waals surface area contributed by atoms with Gasteiger partial charge in [-0.1, -0.05) is 11.6 Å². The summed E-state index contributed by atoms with van der Waals surface area (Å²) in [4.78, 5) is 27.0. The smallest absolute Gasteiger partial charge is 0.317 e. The Bertz CT molecular complexity index is 1080. The van der Waals surface area contributed by atoms with E-state index in [-0.39, 0.29) is 11.6 Å². The van der Waals surface area contributed by atoms with Crippen molar-refractivity contribution < 1.29 is 9.53 Å². The molecule has 1 aromatic carbocycles.